The molecule has 1 aromatic heterocycles. The third-order valence-corrected chi connectivity index (χ3v) is 2.77. The summed E-state index contributed by atoms with van der Waals surface area (Å²) in [5.41, 5.74) is 7.65. The van der Waals surface area contributed by atoms with E-state index in [1.165, 1.54) is 6.07 Å². The maximum Gasteiger partial charge on any atom is 0.223 e. The Kier molecular flexibility index (Phi) is 3.76. The molecule has 1 heterocycles. The SMILES string of the molecule is NNc1cc(Nc2cc(F)c(Br)cc2F)nc(N)n1. The van der Waals surface area contributed by atoms with Crippen LogP contribution in [0.1, 0.15) is 0 Å². The van der Waals surface area contributed by atoms with Gasteiger partial charge in [-0.25, -0.2) is 14.6 Å². The summed E-state index contributed by atoms with van der Waals surface area (Å²) >= 11 is 2.89. The van der Waals surface area contributed by atoms with E-state index in [1.54, 1.807) is 0 Å². The summed E-state index contributed by atoms with van der Waals surface area (Å²) < 4.78 is 27.0. The number of aromatic nitrogens is 2. The zero-order chi connectivity index (χ0) is 14.0. The molecule has 2 rings (SSSR count). The second kappa shape index (κ2) is 5.33. The van der Waals surface area contributed by atoms with Crippen molar-refractivity contribution in [1.29, 1.82) is 0 Å². The Balaban J connectivity index is 2.36. The first-order valence-corrected chi connectivity index (χ1v) is 5.81. The first kappa shape index (κ1) is 13.4. The molecule has 0 fully saturated rings. The number of halogens is 3. The highest BCUT2D eigenvalue weighted by Crippen LogP contribution is 2.26. The van der Waals surface area contributed by atoms with Gasteiger partial charge in [0.2, 0.25) is 5.95 Å². The van der Waals surface area contributed by atoms with Crippen LogP contribution < -0.4 is 22.3 Å². The fourth-order valence-corrected chi connectivity index (χ4v) is 1.68. The van der Waals surface area contributed by atoms with Crippen LogP contribution in [0.25, 0.3) is 0 Å². The fourth-order valence-electron chi connectivity index (χ4n) is 1.36. The molecule has 0 saturated carbocycles. The molecule has 9 heteroatoms. The molecule has 0 spiro atoms. The van der Waals surface area contributed by atoms with E-state index in [4.69, 9.17) is 11.6 Å². The molecule has 0 atom stereocenters. The van der Waals surface area contributed by atoms with E-state index >= 15 is 0 Å². The quantitative estimate of drug-likeness (QED) is 0.390. The van der Waals surface area contributed by atoms with Crippen LogP contribution in [0.3, 0.4) is 0 Å². The Bertz CT molecular complexity index is 621. The number of nitrogens with one attached hydrogen (secondary N) is 2. The molecular weight excluding hydrogens is 322 g/mol. The molecule has 0 aliphatic rings. The minimum atomic E-state index is -0.646. The van der Waals surface area contributed by atoms with Crippen molar-refractivity contribution in [3.63, 3.8) is 0 Å². The first-order chi connectivity index (χ1) is 8.99. The molecule has 1 aromatic carbocycles. The normalized spacial score (nSPS) is 10.3. The molecular formula is C10H9BrF2N6. The lowest BCUT2D eigenvalue weighted by molar-refractivity contribution is 0.598. The van der Waals surface area contributed by atoms with E-state index in [-0.39, 0.29) is 27.7 Å². The second-order valence-corrected chi connectivity index (χ2v) is 4.37. The zero-order valence-corrected chi connectivity index (χ0v) is 11.0. The highest BCUT2D eigenvalue weighted by atomic mass is 79.9. The Labute approximate surface area is 115 Å². The van der Waals surface area contributed by atoms with Crippen molar-refractivity contribution < 1.29 is 8.78 Å². The van der Waals surface area contributed by atoms with Crippen LogP contribution in [-0.2, 0) is 0 Å². The van der Waals surface area contributed by atoms with Gasteiger partial charge in [0.05, 0.1) is 10.2 Å². The van der Waals surface area contributed by atoms with Crippen LogP contribution >= 0.6 is 15.9 Å². The number of anilines is 4. The Morgan fingerprint density at radius 3 is 2.42 bits per heavy atom. The maximum absolute atomic E-state index is 13.6. The second-order valence-electron chi connectivity index (χ2n) is 3.51. The summed E-state index contributed by atoms with van der Waals surface area (Å²) in [4.78, 5) is 7.59. The van der Waals surface area contributed by atoms with Gasteiger partial charge in [-0.2, -0.15) is 9.97 Å². The molecule has 0 saturated heterocycles. The van der Waals surface area contributed by atoms with E-state index in [9.17, 15) is 8.78 Å². The van der Waals surface area contributed by atoms with Crippen molar-refractivity contribution >= 4 is 39.2 Å². The van der Waals surface area contributed by atoms with Crippen molar-refractivity contribution in [1.82, 2.24) is 9.97 Å². The van der Waals surface area contributed by atoms with Crippen LogP contribution in [0, 0.1) is 11.6 Å². The van der Waals surface area contributed by atoms with Crippen molar-refractivity contribution in [2.45, 2.75) is 0 Å². The van der Waals surface area contributed by atoms with Crippen LogP contribution in [0.2, 0.25) is 0 Å². The summed E-state index contributed by atoms with van der Waals surface area (Å²) in [5.74, 6) is 4.30. The number of hydrogen-bond acceptors (Lipinski definition) is 6. The molecule has 6 nitrogen and oxygen atoms in total. The van der Waals surface area contributed by atoms with Crippen LogP contribution in [0.5, 0.6) is 0 Å². The molecule has 0 radical (unpaired) electrons. The minimum Gasteiger partial charge on any atom is -0.368 e. The van der Waals surface area contributed by atoms with Crippen molar-refractivity contribution in [2.24, 2.45) is 5.84 Å². The monoisotopic (exact) mass is 330 g/mol. The largest absolute Gasteiger partial charge is 0.368 e. The smallest absolute Gasteiger partial charge is 0.223 e. The number of nitrogens with two attached hydrogens (primary N) is 2. The number of hydrazine groups is 1. The molecule has 6 N–H and O–H groups in total. The van der Waals surface area contributed by atoms with E-state index in [0.717, 1.165) is 12.1 Å². The zero-order valence-electron chi connectivity index (χ0n) is 9.42. The summed E-state index contributed by atoms with van der Waals surface area (Å²) in [6.45, 7) is 0. The molecule has 0 unspecified atom stereocenters. The minimum absolute atomic E-state index is 0.0297. The van der Waals surface area contributed by atoms with Crippen molar-refractivity contribution in [2.75, 3.05) is 16.5 Å². The molecule has 0 bridgehead atoms. The van der Waals surface area contributed by atoms with E-state index < -0.39 is 11.6 Å². The number of benzene rings is 1. The van der Waals surface area contributed by atoms with Gasteiger partial charge in [0.15, 0.2) is 0 Å². The predicted molar refractivity (Wildman–Crippen MR) is 71.6 cm³/mol. The molecule has 0 aliphatic heterocycles. The van der Waals surface area contributed by atoms with Gasteiger partial charge in [-0.1, -0.05) is 0 Å². The van der Waals surface area contributed by atoms with Crippen LogP contribution in [0.4, 0.5) is 32.1 Å². The van der Waals surface area contributed by atoms with E-state index in [2.05, 4.69) is 36.6 Å². The standard InChI is InChI=1S/C10H9BrF2N6/c11-4-1-6(13)7(2-5(4)12)16-8-3-9(19-15)18-10(14)17-8/h1-3H,15H2,(H4,14,16,17,18,19). The van der Waals surface area contributed by atoms with Gasteiger partial charge in [-0.15, -0.1) is 0 Å². The predicted octanol–water partition coefficient (Wildman–Crippen LogP) is 2.13. The number of hydrogen-bond donors (Lipinski definition) is 4. The number of rotatable bonds is 3. The van der Waals surface area contributed by atoms with Crippen LogP contribution in [0.15, 0.2) is 22.7 Å². The molecule has 0 aliphatic carbocycles. The highest BCUT2D eigenvalue weighted by molar-refractivity contribution is 9.10. The van der Waals surface area contributed by atoms with E-state index in [1.807, 2.05) is 0 Å². The average Bonchev–Trinajstić information content (AvgIpc) is 2.35. The van der Waals surface area contributed by atoms with Gasteiger partial charge in [-0.05, 0) is 22.0 Å². The summed E-state index contributed by atoms with van der Waals surface area (Å²) in [6, 6.07) is 3.40. The third-order valence-electron chi connectivity index (χ3n) is 2.16. The summed E-state index contributed by atoms with van der Waals surface area (Å²) in [7, 11) is 0. The fraction of sp³-hybridized carbons (Fsp3) is 0. The summed E-state index contributed by atoms with van der Waals surface area (Å²) in [5, 5.41) is 2.59. The van der Waals surface area contributed by atoms with Gasteiger partial charge < -0.3 is 16.5 Å². The van der Waals surface area contributed by atoms with Crippen molar-refractivity contribution in [3.05, 3.63) is 34.3 Å². The van der Waals surface area contributed by atoms with Crippen LogP contribution in [-0.4, -0.2) is 9.97 Å². The van der Waals surface area contributed by atoms with Gasteiger partial charge in [0, 0.05) is 12.1 Å². The molecule has 19 heavy (non-hydrogen) atoms. The molecule has 100 valence electrons. The van der Waals surface area contributed by atoms with Gasteiger partial charge in [0.1, 0.15) is 23.3 Å². The number of nitrogens with zero attached hydrogens (tertiary/aromatic N) is 2. The summed E-state index contributed by atoms with van der Waals surface area (Å²) in [6.07, 6.45) is 0. The van der Waals surface area contributed by atoms with Gasteiger partial charge in [0.25, 0.3) is 0 Å². The van der Waals surface area contributed by atoms with E-state index in [0.29, 0.717) is 0 Å². The average molecular weight is 331 g/mol. The number of nitrogen functional groups attached to an aromatic ring is 2. The van der Waals surface area contributed by atoms with Crippen molar-refractivity contribution in [3.8, 4) is 0 Å². The third kappa shape index (κ3) is 3.06. The Hall–Kier alpha value is -2.00. The Morgan fingerprint density at radius 1 is 1.05 bits per heavy atom. The van der Waals surface area contributed by atoms with Gasteiger partial charge >= 0.3 is 0 Å². The lowest BCUT2D eigenvalue weighted by Gasteiger charge is -2.09. The Morgan fingerprint density at radius 2 is 1.74 bits per heavy atom. The highest BCUT2D eigenvalue weighted by Gasteiger charge is 2.10. The topological polar surface area (TPSA) is 102 Å². The molecule has 0 amide bonds. The maximum atomic E-state index is 13.6. The molecule has 2 aromatic rings. The lowest BCUT2D eigenvalue weighted by atomic mass is 10.3. The first-order valence-electron chi connectivity index (χ1n) is 5.02. The lowest BCUT2D eigenvalue weighted by Crippen LogP contribution is -2.11. The van der Waals surface area contributed by atoms with Gasteiger partial charge in [-0.3, -0.25) is 0 Å².